The van der Waals surface area contributed by atoms with Crippen LogP contribution in [0.3, 0.4) is 0 Å². The molecule has 4 aromatic rings. The molecule has 1 aliphatic heterocycles. The second kappa shape index (κ2) is 10.5. The fourth-order valence-corrected chi connectivity index (χ4v) is 5.55. The summed E-state index contributed by atoms with van der Waals surface area (Å²) in [5, 5.41) is 7.19. The summed E-state index contributed by atoms with van der Waals surface area (Å²) < 4.78 is 58.5. The minimum absolute atomic E-state index is 0.169. The standard InChI is InChI=1S/C28H23F4N3O2S/c1-17-24(26(34-37-17)19-6-3-2-4-7-19)22-16-38-27(33-22)20-12-14-35(15-13-20)23(36)11-10-18-8-5-9-21(25(18)29)28(30,31)32/h2-11,16,20H,12-15H2,1H3. The third kappa shape index (κ3) is 5.26. The summed E-state index contributed by atoms with van der Waals surface area (Å²) >= 11 is 1.56. The lowest BCUT2D eigenvalue weighted by molar-refractivity contribution is -0.140. The van der Waals surface area contributed by atoms with Gasteiger partial charge >= 0.3 is 6.18 Å². The van der Waals surface area contributed by atoms with Gasteiger partial charge in [0.25, 0.3) is 0 Å². The molecule has 10 heteroatoms. The Balaban J connectivity index is 1.24. The van der Waals surface area contributed by atoms with Crippen molar-refractivity contribution in [1.82, 2.24) is 15.0 Å². The van der Waals surface area contributed by atoms with E-state index in [0.717, 1.165) is 45.7 Å². The Morgan fingerprint density at radius 1 is 1.11 bits per heavy atom. The van der Waals surface area contributed by atoms with Crippen molar-refractivity contribution in [2.75, 3.05) is 13.1 Å². The Labute approximate surface area is 220 Å². The molecule has 1 amide bonds. The molecule has 5 nitrogen and oxygen atoms in total. The van der Waals surface area contributed by atoms with Crippen LogP contribution in [0, 0.1) is 12.7 Å². The third-order valence-corrected chi connectivity index (χ3v) is 7.59. The smallest absolute Gasteiger partial charge is 0.360 e. The van der Waals surface area contributed by atoms with Crippen molar-refractivity contribution in [1.29, 1.82) is 0 Å². The molecular formula is C28H23F4N3O2S. The number of nitrogens with zero attached hydrogens (tertiary/aromatic N) is 3. The Kier molecular flexibility index (Phi) is 7.16. The highest BCUT2D eigenvalue weighted by Crippen LogP contribution is 2.38. The first-order valence-electron chi connectivity index (χ1n) is 12.0. The Morgan fingerprint density at radius 3 is 2.55 bits per heavy atom. The van der Waals surface area contributed by atoms with Gasteiger partial charge in [-0.2, -0.15) is 13.2 Å². The lowest BCUT2D eigenvalue weighted by Gasteiger charge is -2.30. The number of hydrogen-bond acceptors (Lipinski definition) is 5. The van der Waals surface area contributed by atoms with E-state index in [9.17, 15) is 22.4 Å². The highest BCUT2D eigenvalue weighted by molar-refractivity contribution is 7.10. The summed E-state index contributed by atoms with van der Waals surface area (Å²) in [6.07, 6.45) is -1.19. The van der Waals surface area contributed by atoms with Crippen molar-refractivity contribution < 1.29 is 26.9 Å². The van der Waals surface area contributed by atoms with Gasteiger partial charge in [0, 0.05) is 41.6 Å². The van der Waals surface area contributed by atoms with E-state index >= 15 is 0 Å². The van der Waals surface area contributed by atoms with Gasteiger partial charge in [0.15, 0.2) is 0 Å². The molecule has 5 rings (SSSR count). The van der Waals surface area contributed by atoms with Gasteiger partial charge in [-0.25, -0.2) is 9.37 Å². The van der Waals surface area contributed by atoms with Gasteiger partial charge in [-0.05, 0) is 31.9 Å². The largest absolute Gasteiger partial charge is 0.419 e. The average Bonchev–Trinajstić information content (AvgIpc) is 3.54. The molecule has 3 heterocycles. The number of likely N-dealkylation sites (tertiary alicyclic amines) is 1. The van der Waals surface area contributed by atoms with E-state index in [1.165, 1.54) is 6.07 Å². The first kappa shape index (κ1) is 25.8. The SMILES string of the molecule is Cc1onc(-c2ccccc2)c1-c1csc(C2CCN(C(=O)C=Cc3cccc(C(F)(F)F)c3F)CC2)n1. The molecule has 2 aromatic heterocycles. The molecule has 0 bridgehead atoms. The van der Waals surface area contributed by atoms with Crippen molar-refractivity contribution in [3.05, 3.63) is 87.7 Å². The van der Waals surface area contributed by atoms with Crippen LogP contribution >= 0.6 is 11.3 Å². The molecule has 38 heavy (non-hydrogen) atoms. The van der Waals surface area contributed by atoms with E-state index in [0.29, 0.717) is 37.8 Å². The number of halogens is 4. The fraction of sp³-hybridized carbons (Fsp3) is 0.250. The van der Waals surface area contributed by atoms with Crippen LogP contribution in [-0.2, 0) is 11.0 Å². The second-order valence-electron chi connectivity index (χ2n) is 9.04. The maximum Gasteiger partial charge on any atom is 0.419 e. The molecule has 2 aromatic carbocycles. The third-order valence-electron chi connectivity index (χ3n) is 6.58. The first-order valence-corrected chi connectivity index (χ1v) is 12.9. The van der Waals surface area contributed by atoms with Crippen LogP contribution in [0.15, 0.2) is 64.5 Å². The van der Waals surface area contributed by atoms with E-state index in [4.69, 9.17) is 9.51 Å². The molecule has 0 unspecified atom stereocenters. The highest BCUT2D eigenvalue weighted by Gasteiger charge is 2.34. The zero-order chi connectivity index (χ0) is 26.9. The van der Waals surface area contributed by atoms with Crippen LogP contribution < -0.4 is 0 Å². The van der Waals surface area contributed by atoms with Crippen molar-refractivity contribution in [3.63, 3.8) is 0 Å². The molecule has 0 saturated carbocycles. The van der Waals surface area contributed by atoms with Crippen molar-refractivity contribution in [2.24, 2.45) is 0 Å². The minimum atomic E-state index is -4.80. The van der Waals surface area contributed by atoms with Crippen molar-refractivity contribution in [3.8, 4) is 22.5 Å². The van der Waals surface area contributed by atoms with Crippen LogP contribution in [0.4, 0.5) is 17.6 Å². The Bertz CT molecular complexity index is 1470. The number of aromatic nitrogens is 2. The lowest BCUT2D eigenvalue weighted by Crippen LogP contribution is -2.36. The monoisotopic (exact) mass is 541 g/mol. The zero-order valence-electron chi connectivity index (χ0n) is 20.3. The highest BCUT2D eigenvalue weighted by atomic mass is 32.1. The molecule has 0 spiro atoms. The molecule has 0 atom stereocenters. The van der Waals surface area contributed by atoms with E-state index in [2.05, 4.69) is 5.16 Å². The Hall–Kier alpha value is -3.79. The average molecular weight is 542 g/mol. The van der Waals surface area contributed by atoms with Gasteiger partial charge in [-0.3, -0.25) is 4.79 Å². The number of piperidine rings is 1. The van der Waals surface area contributed by atoms with Gasteiger partial charge in [-0.1, -0.05) is 47.6 Å². The molecule has 1 saturated heterocycles. The summed E-state index contributed by atoms with van der Waals surface area (Å²) in [5.41, 5.74) is 1.71. The first-order chi connectivity index (χ1) is 18.2. The lowest BCUT2D eigenvalue weighted by atomic mass is 9.97. The van der Waals surface area contributed by atoms with Gasteiger partial charge in [-0.15, -0.1) is 11.3 Å². The summed E-state index contributed by atoms with van der Waals surface area (Å²) in [6.45, 7) is 2.79. The summed E-state index contributed by atoms with van der Waals surface area (Å²) in [7, 11) is 0. The maximum absolute atomic E-state index is 14.2. The number of thiazole rings is 1. The van der Waals surface area contributed by atoms with Crippen LogP contribution in [0.2, 0.25) is 0 Å². The fourth-order valence-electron chi connectivity index (χ4n) is 4.57. The Morgan fingerprint density at radius 2 is 1.84 bits per heavy atom. The molecule has 1 fully saturated rings. The number of amides is 1. The summed E-state index contributed by atoms with van der Waals surface area (Å²) in [4.78, 5) is 19.1. The van der Waals surface area contributed by atoms with E-state index in [1.54, 1.807) is 16.2 Å². The predicted octanol–water partition coefficient (Wildman–Crippen LogP) is 7.35. The van der Waals surface area contributed by atoms with Crippen LogP contribution in [0.1, 0.15) is 40.7 Å². The maximum atomic E-state index is 14.2. The number of carbonyl (C=O) groups is 1. The number of rotatable bonds is 5. The summed E-state index contributed by atoms with van der Waals surface area (Å²) in [5.74, 6) is -0.901. The van der Waals surface area contributed by atoms with E-state index < -0.39 is 17.6 Å². The summed E-state index contributed by atoms with van der Waals surface area (Å²) in [6, 6.07) is 12.8. The van der Waals surface area contributed by atoms with E-state index in [-0.39, 0.29) is 17.4 Å². The van der Waals surface area contributed by atoms with Gasteiger partial charge in [0.05, 0.1) is 21.8 Å². The number of hydrogen-bond donors (Lipinski definition) is 0. The molecular weight excluding hydrogens is 518 g/mol. The van der Waals surface area contributed by atoms with Crippen LogP contribution in [0.5, 0.6) is 0 Å². The topological polar surface area (TPSA) is 59.2 Å². The molecule has 1 aliphatic rings. The molecule has 196 valence electrons. The van der Waals surface area contributed by atoms with Crippen molar-refractivity contribution in [2.45, 2.75) is 31.9 Å². The van der Waals surface area contributed by atoms with Gasteiger partial charge in [0.2, 0.25) is 5.91 Å². The minimum Gasteiger partial charge on any atom is -0.360 e. The van der Waals surface area contributed by atoms with E-state index in [1.807, 2.05) is 42.6 Å². The quantitative estimate of drug-likeness (QED) is 0.196. The van der Waals surface area contributed by atoms with Crippen LogP contribution in [0.25, 0.3) is 28.6 Å². The molecule has 0 radical (unpaired) electrons. The van der Waals surface area contributed by atoms with Gasteiger partial charge < -0.3 is 9.42 Å². The number of carbonyl (C=O) groups excluding carboxylic acids is 1. The second-order valence-corrected chi connectivity index (χ2v) is 9.93. The normalized spacial score (nSPS) is 14.9. The number of benzene rings is 2. The van der Waals surface area contributed by atoms with Gasteiger partial charge in [0.1, 0.15) is 17.3 Å². The predicted molar refractivity (Wildman–Crippen MR) is 137 cm³/mol. The number of alkyl halides is 3. The zero-order valence-corrected chi connectivity index (χ0v) is 21.2. The molecule has 0 aliphatic carbocycles. The molecule has 0 N–H and O–H groups in total. The van der Waals surface area contributed by atoms with Crippen LogP contribution in [-0.4, -0.2) is 34.0 Å². The van der Waals surface area contributed by atoms with Crippen molar-refractivity contribution >= 4 is 23.3 Å². The number of aryl methyl sites for hydroxylation is 1.